The topological polar surface area (TPSA) is 30.0 Å². The fraction of sp³-hybridized carbons (Fsp3) is 0.143. The molecular formula is C7H3ClF2INO. The van der Waals surface area contributed by atoms with Crippen LogP contribution in [0.4, 0.5) is 8.78 Å². The molecule has 0 aliphatic rings. The minimum absolute atomic E-state index is 0.239. The highest BCUT2D eigenvalue weighted by Crippen LogP contribution is 2.24. The first-order valence-electron chi connectivity index (χ1n) is 3.16. The van der Waals surface area contributed by atoms with Gasteiger partial charge in [0.1, 0.15) is 3.70 Å². The van der Waals surface area contributed by atoms with Gasteiger partial charge in [0.05, 0.1) is 5.56 Å². The number of alkyl halides is 2. The normalized spacial score (nSPS) is 10.5. The monoisotopic (exact) mass is 317 g/mol. The molecule has 0 saturated carbocycles. The molecule has 0 bridgehead atoms. The third-order valence-electron chi connectivity index (χ3n) is 1.35. The van der Waals surface area contributed by atoms with Gasteiger partial charge in [0.15, 0.2) is 0 Å². The Morgan fingerprint density at radius 1 is 1.62 bits per heavy atom. The number of aromatic nitrogens is 1. The highest BCUT2D eigenvalue weighted by molar-refractivity contribution is 14.1. The molecule has 1 rings (SSSR count). The van der Waals surface area contributed by atoms with Gasteiger partial charge in [-0.1, -0.05) is 0 Å². The molecule has 1 aromatic rings. The van der Waals surface area contributed by atoms with Crippen LogP contribution in [0.5, 0.6) is 0 Å². The maximum atomic E-state index is 12.3. The second kappa shape index (κ2) is 4.28. The number of rotatable bonds is 2. The van der Waals surface area contributed by atoms with Crippen molar-refractivity contribution in [3.63, 3.8) is 0 Å². The van der Waals surface area contributed by atoms with Gasteiger partial charge in [-0.05, 0) is 40.3 Å². The van der Waals surface area contributed by atoms with Crippen LogP contribution in [-0.4, -0.2) is 10.2 Å². The lowest BCUT2D eigenvalue weighted by Crippen LogP contribution is -2.00. The first-order chi connectivity index (χ1) is 6.02. The third kappa shape index (κ3) is 2.57. The third-order valence-corrected chi connectivity index (χ3v) is 2.14. The van der Waals surface area contributed by atoms with E-state index in [1.54, 1.807) is 22.6 Å². The van der Waals surface area contributed by atoms with Crippen LogP contribution in [0, 0.1) is 3.70 Å². The summed E-state index contributed by atoms with van der Waals surface area (Å²) in [5.41, 5.74) is -0.614. The smallest absolute Gasteiger partial charge is 0.264 e. The van der Waals surface area contributed by atoms with E-state index in [1.165, 1.54) is 0 Å². The maximum absolute atomic E-state index is 12.3. The number of carbonyl (C=O) groups excluding carboxylic acids is 1. The number of carbonyl (C=O) groups is 1. The van der Waals surface area contributed by atoms with Crippen LogP contribution >= 0.6 is 34.2 Å². The van der Waals surface area contributed by atoms with Crippen molar-refractivity contribution in [1.29, 1.82) is 0 Å². The van der Waals surface area contributed by atoms with E-state index in [9.17, 15) is 13.6 Å². The molecule has 0 spiro atoms. The molecule has 0 amide bonds. The van der Waals surface area contributed by atoms with Crippen molar-refractivity contribution >= 4 is 39.4 Å². The lowest BCUT2D eigenvalue weighted by atomic mass is 10.2. The highest BCUT2D eigenvalue weighted by atomic mass is 127. The first-order valence-corrected chi connectivity index (χ1v) is 4.61. The van der Waals surface area contributed by atoms with E-state index in [0.717, 1.165) is 12.3 Å². The van der Waals surface area contributed by atoms with Crippen molar-refractivity contribution in [3.8, 4) is 0 Å². The summed E-state index contributed by atoms with van der Waals surface area (Å²) in [5.74, 6) is 0. The summed E-state index contributed by atoms with van der Waals surface area (Å²) in [6.07, 6.45) is -1.66. The Morgan fingerprint density at radius 2 is 2.23 bits per heavy atom. The Balaban J connectivity index is 3.26. The molecule has 1 heterocycles. The molecule has 2 nitrogen and oxygen atoms in total. The van der Waals surface area contributed by atoms with E-state index >= 15 is 0 Å². The van der Waals surface area contributed by atoms with E-state index in [1.807, 2.05) is 0 Å². The molecule has 6 heteroatoms. The Labute approximate surface area is 91.4 Å². The number of pyridine rings is 1. The van der Waals surface area contributed by atoms with E-state index < -0.39 is 11.7 Å². The van der Waals surface area contributed by atoms with Crippen molar-refractivity contribution in [1.82, 2.24) is 4.98 Å². The SMILES string of the molecule is O=C(Cl)c1cnc(I)cc1C(F)F. The van der Waals surface area contributed by atoms with Gasteiger partial charge >= 0.3 is 0 Å². The number of halogens is 4. The van der Waals surface area contributed by atoms with Crippen LogP contribution in [0.15, 0.2) is 12.3 Å². The predicted molar refractivity (Wildman–Crippen MR) is 52.1 cm³/mol. The van der Waals surface area contributed by atoms with Crippen molar-refractivity contribution in [2.75, 3.05) is 0 Å². The average molecular weight is 317 g/mol. The van der Waals surface area contributed by atoms with Crippen LogP contribution in [0.3, 0.4) is 0 Å². The van der Waals surface area contributed by atoms with Gasteiger partial charge in [-0.25, -0.2) is 13.8 Å². The summed E-state index contributed by atoms with van der Waals surface area (Å²) in [7, 11) is 0. The van der Waals surface area contributed by atoms with Crippen LogP contribution in [0.25, 0.3) is 0 Å². The zero-order valence-electron chi connectivity index (χ0n) is 6.10. The Hall–Kier alpha value is -0.300. The van der Waals surface area contributed by atoms with Crippen LogP contribution < -0.4 is 0 Å². The number of hydrogen-bond donors (Lipinski definition) is 0. The second-order valence-electron chi connectivity index (χ2n) is 2.17. The summed E-state index contributed by atoms with van der Waals surface area (Å²) in [6.45, 7) is 0. The minimum atomic E-state index is -2.71. The van der Waals surface area contributed by atoms with E-state index in [4.69, 9.17) is 11.6 Å². The van der Waals surface area contributed by atoms with E-state index in [0.29, 0.717) is 3.70 Å². The van der Waals surface area contributed by atoms with Crippen LogP contribution in [-0.2, 0) is 0 Å². The molecule has 0 aliphatic carbocycles. The van der Waals surface area contributed by atoms with Crippen molar-refractivity contribution in [2.24, 2.45) is 0 Å². The lowest BCUT2D eigenvalue weighted by molar-refractivity contribution is 0.106. The molecule has 70 valence electrons. The predicted octanol–water partition coefficient (Wildman–Crippen LogP) is 3.00. The quantitative estimate of drug-likeness (QED) is 0.477. The zero-order valence-corrected chi connectivity index (χ0v) is 9.01. The van der Waals surface area contributed by atoms with Gasteiger partial charge < -0.3 is 0 Å². The molecule has 13 heavy (non-hydrogen) atoms. The Morgan fingerprint density at radius 3 is 2.69 bits per heavy atom. The molecule has 0 fully saturated rings. The maximum Gasteiger partial charge on any atom is 0.264 e. The highest BCUT2D eigenvalue weighted by Gasteiger charge is 2.17. The van der Waals surface area contributed by atoms with Crippen LogP contribution in [0.2, 0.25) is 0 Å². The molecule has 1 aromatic heterocycles. The lowest BCUT2D eigenvalue weighted by Gasteiger charge is -2.03. The van der Waals surface area contributed by atoms with Crippen molar-refractivity contribution in [2.45, 2.75) is 6.43 Å². The molecule has 0 atom stereocenters. The Bertz CT molecular complexity index is 345. The molecule has 0 saturated heterocycles. The molecule has 0 N–H and O–H groups in total. The number of nitrogens with zero attached hydrogens (tertiary/aromatic N) is 1. The summed E-state index contributed by atoms with van der Waals surface area (Å²) >= 11 is 6.87. The minimum Gasteiger partial charge on any atom is -0.276 e. The zero-order chi connectivity index (χ0) is 10.0. The fourth-order valence-corrected chi connectivity index (χ4v) is 1.42. The summed E-state index contributed by atoms with van der Waals surface area (Å²) in [4.78, 5) is 14.4. The Kier molecular flexibility index (Phi) is 3.55. The average Bonchev–Trinajstić information content (AvgIpc) is 2.03. The fourth-order valence-electron chi connectivity index (χ4n) is 0.789. The van der Waals surface area contributed by atoms with Gasteiger partial charge in [-0.15, -0.1) is 0 Å². The standard InChI is InChI=1S/C7H3ClF2INO/c8-6(13)4-2-12-5(11)1-3(4)7(9)10/h1-2,7H. The van der Waals surface area contributed by atoms with Gasteiger partial charge in [0.25, 0.3) is 11.7 Å². The molecule has 0 aliphatic heterocycles. The van der Waals surface area contributed by atoms with Gasteiger partial charge in [0, 0.05) is 11.8 Å². The van der Waals surface area contributed by atoms with Gasteiger partial charge in [-0.2, -0.15) is 0 Å². The van der Waals surface area contributed by atoms with E-state index in [2.05, 4.69) is 4.98 Å². The van der Waals surface area contributed by atoms with Crippen molar-refractivity contribution in [3.05, 3.63) is 27.1 Å². The van der Waals surface area contributed by atoms with Crippen molar-refractivity contribution < 1.29 is 13.6 Å². The first kappa shape index (κ1) is 10.8. The largest absolute Gasteiger partial charge is 0.276 e. The van der Waals surface area contributed by atoms with Gasteiger partial charge in [-0.3, -0.25) is 4.79 Å². The van der Waals surface area contributed by atoms with Gasteiger partial charge in [0.2, 0.25) is 0 Å². The second-order valence-corrected chi connectivity index (χ2v) is 3.62. The molecule has 0 radical (unpaired) electrons. The van der Waals surface area contributed by atoms with Crippen LogP contribution in [0.1, 0.15) is 22.3 Å². The number of hydrogen-bond acceptors (Lipinski definition) is 2. The molecule has 0 aromatic carbocycles. The molecule has 0 unspecified atom stereocenters. The summed E-state index contributed by atoms with van der Waals surface area (Å²) < 4.78 is 25.0. The summed E-state index contributed by atoms with van der Waals surface area (Å²) in [5, 5.41) is -0.917. The molecular weight excluding hydrogens is 314 g/mol. The summed E-state index contributed by atoms with van der Waals surface area (Å²) in [6, 6.07) is 1.14. The van der Waals surface area contributed by atoms with E-state index in [-0.39, 0.29) is 11.1 Å².